The zero-order valence-corrected chi connectivity index (χ0v) is 9.58. The van der Waals surface area contributed by atoms with Crippen LogP contribution in [0.1, 0.15) is 57.8 Å². The van der Waals surface area contributed by atoms with Gasteiger partial charge in [0.2, 0.25) is 0 Å². The summed E-state index contributed by atoms with van der Waals surface area (Å²) in [5.41, 5.74) is 0. The van der Waals surface area contributed by atoms with Crippen LogP contribution in [0, 0.1) is 23.7 Å². The van der Waals surface area contributed by atoms with Crippen molar-refractivity contribution >= 4 is 5.78 Å². The number of carbonyl (C=O) groups is 1. The molecule has 0 aliphatic heterocycles. The third-order valence-electron chi connectivity index (χ3n) is 5.18. The van der Waals surface area contributed by atoms with E-state index in [1.807, 2.05) is 0 Å². The Kier molecular flexibility index (Phi) is 2.58. The topological polar surface area (TPSA) is 17.1 Å². The number of carbonyl (C=O) groups excluding carboxylic acids is 1. The number of hydrogen-bond acceptors (Lipinski definition) is 1. The normalized spacial score (nSPS) is 41.3. The SMILES string of the molecule is O=C1CCC(CC2CC3CCC2C3)CC1. The lowest BCUT2D eigenvalue weighted by molar-refractivity contribution is -0.121. The van der Waals surface area contributed by atoms with Crippen molar-refractivity contribution in [3.05, 3.63) is 0 Å². The molecular formula is C14H22O. The van der Waals surface area contributed by atoms with Crippen molar-refractivity contribution in [3.63, 3.8) is 0 Å². The van der Waals surface area contributed by atoms with E-state index in [2.05, 4.69) is 0 Å². The lowest BCUT2D eigenvalue weighted by atomic mass is 9.77. The van der Waals surface area contributed by atoms with E-state index in [1.165, 1.54) is 44.9 Å². The maximum absolute atomic E-state index is 11.2. The molecule has 0 amide bonds. The molecule has 3 aliphatic carbocycles. The predicted octanol–water partition coefficient (Wildman–Crippen LogP) is 3.57. The monoisotopic (exact) mass is 206 g/mol. The Morgan fingerprint density at radius 2 is 1.80 bits per heavy atom. The minimum absolute atomic E-state index is 0.513. The Bertz CT molecular complexity index is 248. The van der Waals surface area contributed by atoms with Crippen LogP contribution in [0.5, 0.6) is 0 Å². The van der Waals surface area contributed by atoms with Gasteiger partial charge in [-0.3, -0.25) is 4.79 Å². The summed E-state index contributed by atoms with van der Waals surface area (Å²) in [6.45, 7) is 0. The zero-order valence-electron chi connectivity index (χ0n) is 9.58. The Labute approximate surface area is 92.6 Å². The summed E-state index contributed by atoms with van der Waals surface area (Å²) in [4.78, 5) is 11.2. The van der Waals surface area contributed by atoms with Gasteiger partial charge in [0.15, 0.2) is 0 Å². The fourth-order valence-electron chi connectivity index (χ4n) is 4.33. The number of rotatable bonds is 2. The summed E-state index contributed by atoms with van der Waals surface area (Å²) < 4.78 is 0. The summed E-state index contributed by atoms with van der Waals surface area (Å²) in [5, 5.41) is 0. The highest BCUT2D eigenvalue weighted by Gasteiger charge is 2.40. The smallest absolute Gasteiger partial charge is 0.132 e. The molecule has 84 valence electrons. The Morgan fingerprint density at radius 3 is 2.40 bits per heavy atom. The van der Waals surface area contributed by atoms with Crippen LogP contribution in [0.15, 0.2) is 0 Å². The van der Waals surface area contributed by atoms with Gasteiger partial charge in [-0.1, -0.05) is 6.42 Å². The quantitative estimate of drug-likeness (QED) is 0.675. The first-order chi connectivity index (χ1) is 7.31. The summed E-state index contributed by atoms with van der Waals surface area (Å²) in [6, 6.07) is 0. The average molecular weight is 206 g/mol. The van der Waals surface area contributed by atoms with Crippen molar-refractivity contribution in [1.82, 2.24) is 0 Å². The largest absolute Gasteiger partial charge is 0.300 e. The maximum atomic E-state index is 11.2. The molecule has 0 aromatic carbocycles. The van der Waals surface area contributed by atoms with E-state index in [1.54, 1.807) is 0 Å². The van der Waals surface area contributed by atoms with Crippen LogP contribution < -0.4 is 0 Å². The van der Waals surface area contributed by atoms with Crippen LogP contribution >= 0.6 is 0 Å². The summed E-state index contributed by atoms with van der Waals surface area (Å²) >= 11 is 0. The van der Waals surface area contributed by atoms with Crippen molar-refractivity contribution in [2.24, 2.45) is 23.7 Å². The van der Waals surface area contributed by atoms with Gasteiger partial charge in [0.25, 0.3) is 0 Å². The molecule has 3 atom stereocenters. The fourth-order valence-corrected chi connectivity index (χ4v) is 4.33. The lowest BCUT2D eigenvalue weighted by Crippen LogP contribution is -2.19. The molecule has 0 saturated heterocycles. The first kappa shape index (κ1) is 9.86. The highest BCUT2D eigenvalue weighted by atomic mass is 16.1. The molecule has 15 heavy (non-hydrogen) atoms. The fraction of sp³-hybridized carbons (Fsp3) is 0.929. The molecule has 0 aromatic rings. The first-order valence-electron chi connectivity index (χ1n) is 6.83. The van der Waals surface area contributed by atoms with Crippen LogP contribution in [0.25, 0.3) is 0 Å². The summed E-state index contributed by atoms with van der Waals surface area (Å²) in [7, 11) is 0. The number of hydrogen-bond donors (Lipinski definition) is 0. The lowest BCUT2D eigenvalue weighted by Gasteiger charge is -2.28. The molecule has 2 bridgehead atoms. The number of Topliss-reactive ketones (excluding diaryl/α,β-unsaturated/α-hetero) is 1. The van der Waals surface area contributed by atoms with Crippen LogP contribution in [0.4, 0.5) is 0 Å². The van der Waals surface area contributed by atoms with Crippen LogP contribution in [-0.4, -0.2) is 5.78 Å². The third kappa shape index (κ3) is 1.98. The van der Waals surface area contributed by atoms with E-state index in [0.717, 1.165) is 36.5 Å². The first-order valence-corrected chi connectivity index (χ1v) is 6.83. The molecule has 3 aliphatic rings. The molecule has 0 radical (unpaired) electrons. The summed E-state index contributed by atoms with van der Waals surface area (Å²) in [5.74, 6) is 4.62. The minimum Gasteiger partial charge on any atom is -0.300 e. The van der Waals surface area contributed by atoms with Gasteiger partial charge in [-0.15, -0.1) is 0 Å². The number of ketones is 1. The predicted molar refractivity (Wildman–Crippen MR) is 60.5 cm³/mol. The molecule has 1 nitrogen and oxygen atoms in total. The van der Waals surface area contributed by atoms with Gasteiger partial charge >= 0.3 is 0 Å². The van der Waals surface area contributed by atoms with Crippen LogP contribution in [0.3, 0.4) is 0 Å². The molecule has 3 unspecified atom stereocenters. The van der Waals surface area contributed by atoms with Crippen molar-refractivity contribution < 1.29 is 4.79 Å². The van der Waals surface area contributed by atoms with Gasteiger partial charge in [0, 0.05) is 12.8 Å². The van der Waals surface area contributed by atoms with E-state index >= 15 is 0 Å². The van der Waals surface area contributed by atoms with E-state index in [4.69, 9.17) is 0 Å². The van der Waals surface area contributed by atoms with Gasteiger partial charge in [-0.25, -0.2) is 0 Å². The highest BCUT2D eigenvalue weighted by molar-refractivity contribution is 5.78. The van der Waals surface area contributed by atoms with Gasteiger partial charge in [0.05, 0.1) is 0 Å². The van der Waals surface area contributed by atoms with Gasteiger partial charge in [-0.2, -0.15) is 0 Å². The highest BCUT2D eigenvalue weighted by Crippen LogP contribution is 2.51. The van der Waals surface area contributed by atoms with Crippen molar-refractivity contribution in [2.75, 3.05) is 0 Å². The van der Waals surface area contributed by atoms with Gasteiger partial charge in [-0.05, 0) is 62.2 Å². The van der Waals surface area contributed by atoms with E-state index in [-0.39, 0.29) is 0 Å². The van der Waals surface area contributed by atoms with Gasteiger partial charge < -0.3 is 0 Å². The molecule has 0 spiro atoms. The molecule has 3 saturated carbocycles. The van der Waals surface area contributed by atoms with Crippen LogP contribution in [-0.2, 0) is 4.79 Å². The van der Waals surface area contributed by atoms with Crippen molar-refractivity contribution in [2.45, 2.75) is 57.8 Å². The second-order valence-electron chi connectivity index (χ2n) is 6.15. The van der Waals surface area contributed by atoms with Crippen molar-refractivity contribution in [3.8, 4) is 0 Å². The molecule has 0 aromatic heterocycles. The second-order valence-corrected chi connectivity index (χ2v) is 6.15. The second kappa shape index (κ2) is 3.92. The van der Waals surface area contributed by atoms with E-state index < -0.39 is 0 Å². The van der Waals surface area contributed by atoms with E-state index in [0.29, 0.717) is 5.78 Å². The molecule has 3 rings (SSSR count). The minimum atomic E-state index is 0.513. The van der Waals surface area contributed by atoms with Crippen LogP contribution in [0.2, 0.25) is 0 Å². The zero-order chi connectivity index (χ0) is 10.3. The summed E-state index contributed by atoms with van der Waals surface area (Å²) in [6.07, 6.45) is 11.7. The molecule has 0 heterocycles. The standard InChI is InChI=1S/C14H22O/c15-14-5-2-10(3-6-14)7-13-9-11-1-4-12(13)8-11/h10-13H,1-9H2. The Hall–Kier alpha value is -0.330. The van der Waals surface area contributed by atoms with Gasteiger partial charge in [0.1, 0.15) is 5.78 Å². The molecule has 1 heteroatoms. The molecule has 0 N–H and O–H groups in total. The van der Waals surface area contributed by atoms with Crippen molar-refractivity contribution in [1.29, 1.82) is 0 Å². The maximum Gasteiger partial charge on any atom is 0.132 e. The Balaban J connectivity index is 1.51. The Morgan fingerprint density at radius 1 is 1.00 bits per heavy atom. The number of fused-ring (bicyclic) bond motifs is 2. The third-order valence-corrected chi connectivity index (χ3v) is 5.18. The average Bonchev–Trinajstić information content (AvgIpc) is 2.83. The molecular weight excluding hydrogens is 184 g/mol. The molecule has 3 fully saturated rings. The van der Waals surface area contributed by atoms with E-state index in [9.17, 15) is 4.79 Å².